The lowest BCUT2D eigenvalue weighted by molar-refractivity contribution is -0.136. The lowest BCUT2D eigenvalue weighted by Gasteiger charge is -2.40. The van der Waals surface area contributed by atoms with Gasteiger partial charge in [0, 0.05) is 30.8 Å². The molecule has 3 heteroatoms. The number of alkyl halides is 1. The van der Waals surface area contributed by atoms with E-state index >= 15 is 0 Å². The third-order valence-electron chi connectivity index (χ3n) is 3.00. The second kappa shape index (κ2) is 2.22. The van der Waals surface area contributed by atoms with Crippen LogP contribution in [0.1, 0.15) is 13.3 Å². The van der Waals surface area contributed by atoms with Gasteiger partial charge in [-0.25, -0.2) is 0 Å². The number of halogens is 1. The van der Waals surface area contributed by atoms with Crippen LogP contribution in [-0.4, -0.2) is 29.2 Å². The van der Waals surface area contributed by atoms with Crippen LogP contribution in [0, 0.1) is 11.3 Å². The molecule has 0 N–H and O–H groups in total. The summed E-state index contributed by atoms with van der Waals surface area (Å²) in [6.07, 6.45) is 1.32. The Labute approximate surface area is 75.1 Å². The Morgan fingerprint density at radius 1 is 1.73 bits per heavy atom. The van der Waals surface area contributed by atoms with Crippen molar-refractivity contribution in [1.29, 1.82) is 0 Å². The van der Waals surface area contributed by atoms with Gasteiger partial charge in [0.05, 0.1) is 0 Å². The van der Waals surface area contributed by atoms with Crippen molar-refractivity contribution >= 4 is 21.8 Å². The molecule has 0 aromatic rings. The second-order valence-corrected chi connectivity index (χ2v) is 4.44. The SMILES string of the molecule is CC(=O)N1CC2(CC2CBr)C1. The summed E-state index contributed by atoms with van der Waals surface area (Å²) < 4.78 is 0. The van der Waals surface area contributed by atoms with Crippen LogP contribution in [0.5, 0.6) is 0 Å². The van der Waals surface area contributed by atoms with Crippen molar-refractivity contribution in [3.8, 4) is 0 Å². The molecule has 1 saturated heterocycles. The molecule has 2 fully saturated rings. The van der Waals surface area contributed by atoms with Gasteiger partial charge in [0.15, 0.2) is 0 Å². The zero-order valence-electron chi connectivity index (χ0n) is 6.64. The Morgan fingerprint density at radius 2 is 2.36 bits per heavy atom. The standard InChI is InChI=1S/C8H12BrNO/c1-6(11)10-4-8(5-10)2-7(8)3-9/h7H,2-5H2,1H3. The second-order valence-electron chi connectivity index (χ2n) is 3.79. The van der Waals surface area contributed by atoms with Crippen LogP contribution in [0.3, 0.4) is 0 Å². The predicted molar refractivity (Wildman–Crippen MR) is 46.6 cm³/mol. The summed E-state index contributed by atoms with van der Waals surface area (Å²) in [7, 11) is 0. The number of rotatable bonds is 1. The largest absolute Gasteiger partial charge is 0.342 e. The van der Waals surface area contributed by atoms with Crippen LogP contribution >= 0.6 is 15.9 Å². The number of carbonyl (C=O) groups excluding carboxylic acids is 1. The number of hydrogen-bond acceptors (Lipinski definition) is 1. The maximum atomic E-state index is 10.9. The molecule has 2 aliphatic rings. The van der Waals surface area contributed by atoms with Gasteiger partial charge in [0.2, 0.25) is 5.91 Å². The monoisotopic (exact) mass is 217 g/mol. The Hall–Kier alpha value is -0.0500. The van der Waals surface area contributed by atoms with E-state index in [4.69, 9.17) is 0 Å². The van der Waals surface area contributed by atoms with E-state index < -0.39 is 0 Å². The van der Waals surface area contributed by atoms with Crippen LogP contribution in [-0.2, 0) is 4.79 Å². The highest BCUT2D eigenvalue weighted by atomic mass is 79.9. The van der Waals surface area contributed by atoms with E-state index in [0.717, 1.165) is 24.3 Å². The average molecular weight is 218 g/mol. The van der Waals surface area contributed by atoms with Gasteiger partial charge in [-0.2, -0.15) is 0 Å². The molecule has 1 atom stereocenters. The maximum Gasteiger partial charge on any atom is 0.219 e. The molecule has 0 bridgehead atoms. The minimum absolute atomic E-state index is 0.232. The van der Waals surface area contributed by atoms with E-state index in [1.165, 1.54) is 6.42 Å². The molecule has 0 aromatic carbocycles. The van der Waals surface area contributed by atoms with Crippen molar-refractivity contribution in [3.63, 3.8) is 0 Å². The molecular formula is C8H12BrNO. The average Bonchev–Trinajstić information content (AvgIpc) is 2.57. The summed E-state index contributed by atoms with van der Waals surface area (Å²) in [5.41, 5.74) is 0.551. The van der Waals surface area contributed by atoms with Crippen LogP contribution in [0.4, 0.5) is 0 Å². The van der Waals surface area contributed by atoms with E-state index in [1.54, 1.807) is 6.92 Å². The topological polar surface area (TPSA) is 20.3 Å². The summed E-state index contributed by atoms with van der Waals surface area (Å²) in [6.45, 7) is 3.68. The highest BCUT2D eigenvalue weighted by Crippen LogP contribution is 2.59. The van der Waals surface area contributed by atoms with Crippen molar-refractivity contribution in [2.45, 2.75) is 13.3 Å². The molecule has 62 valence electrons. The van der Waals surface area contributed by atoms with E-state index in [0.29, 0.717) is 5.41 Å². The molecule has 0 radical (unpaired) electrons. The lowest BCUT2D eigenvalue weighted by atomic mass is 9.94. The molecule has 1 unspecified atom stereocenters. The van der Waals surface area contributed by atoms with Crippen molar-refractivity contribution < 1.29 is 4.79 Å². The third-order valence-corrected chi connectivity index (χ3v) is 3.78. The summed E-state index contributed by atoms with van der Waals surface area (Å²) in [5.74, 6) is 1.08. The Kier molecular flexibility index (Phi) is 1.53. The lowest BCUT2D eigenvalue weighted by Crippen LogP contribution is -2.51. The zero-order chi connectivity index (χ0) is 8.06. The van der Waals surface area contributed by atoms with E-state index in [-0.39, 0.29) is 5.91 Å². The Bertz CT molecular complexity index is 198. The molecule has 2 nitrogen and oxygen atoms in total. The summed E-state index contributed by atoms with van der Waals surface area (Å²) in [6, 6.07) is 0. The fourth-order valence-electron chi connectivity index (χ4n) is 1.97. The minimum atomic E-state index is 0.232. The highest BCUT2D eigenvalue weighted by Gasteiger charge is 2.60. The number of likely N-dealkylation sites (tertiary alicyclic amines) is 1. The first-order valence-electron chi connectivity index (χ1n) is 3.99. The maximum absolute atomic E-state index is 10.9. The molecule has 1 heterocycles. The van der Waals surface area contributed by atoms with Crippen LogP contribution in [0.2, 0.25) is 0 Å². The van der Waals surface area contributed by atoms with Crippen molar-refractivity contribution in [2.75, 3.05) is 18.4 Å². The molecule has 1 aliphatic heterocycles. The Morgan fingerprint density at radius 3 is 2.73 bits per heavy atom. The fourth-order valence-corrected chi connectivity index (χ4v) is 2.89. The van der Waals surface area contributed by atoms with Crippen molar-refractivity contribution in [2.24, 2.45) is 11.3 Å². The molecule has 1 saturated carbocycles. The van der Waals surface area contributed by atoms with Gasteiger partial charge < -0.3 is 4.90 Å². The zero-order valence-corrected chi connectivity index (χ0v) is 8.23. The first-order valence-corrected chi connectivity index (χ1v) is 5.11. The smallest absolute Gasteiger partial charge is 0.219 e. The molecule has 2 rings (SSSR count). The number of nitrogens with zero attached hydrogens (tertiary/aromatic N) is 1. The number of carbonyl (C=O) groups is 1. The van der Waals surface area contributed by atoms with E-state index in [9.17, 15) is 4.79 Å². The fraction of sp³-hybridized carbons (Fsp3) is 0.875. The van der Waals surface area contributed by atoms with E-state index in [1.807, 2.05) is 4.90 Å². The summed E-state index contributed by atoms with van der Waals surface area (Å²) >= 11 is 3.48. The summed E-state index contributed by atoms with van der Waals surface area (Å²) in [5, 5.41) is 1.11. The van der Waals surface area contributed by atoms with Gasteiger partial charge in [0.1, 0.15) is 0 Å². The third kappa shape index (κ3) is 1.01. The van der Waals surface area contributed by atoms with Crippen molar-refractivity contribution in [3.05, 3.63) is 0 Å². The molecular weight excluding hydrogens is 206 g/mol. The van der Waals surface area contributed by atoms with Crippen molar-refractivity contribution in [1.82, 2.24) is 4.90 Å². The minimum Gasteiger partial charge on any atom is -0.342 e. The van der Waals surface area contributed by atoms with Crippen LogP contribution in [0.15, 0.2) is 0 Å². The quantitative estimate of drug-likeness (QED) is 0.606. The summed E-state index contributed by atoms with van der Waals surface area (Å²) in [4.78, 5) is 12.8. The highest BCUT2D eigenvalue weighted by molar-refractivity contribution is 9.09. The van der Waals surface area contributed by atoms with Gasteiger partial charge in [-0.1, -0.05) is 15.9 Å². The normalized spacial score (nSPS) is 31.8. The van der Waals surface area contributed by atoms with Crippen LogP contribution < -0.4 is 0 Å². The first-order chi connectivity index (χ1) is 5.18. The van der Waals surface area contributed by atoms with Crippen LogP contribution in [0.25, 0.3) is 0 Å². The molecule has 1 amide bonds. The molecule has 1 aliphatic carbocycles. The molecule has 1 spiro atoms. The van der Waals surface area contributed by atoms with Gasteiger partial charge in [-0.05, 0) is 12.3 Å². The number of hydrogen-bond donors (Lipinski definition) is 0. The number of amides is 1. The van der Waals surface area contributed by atoms with E-state index in [2.05, 4.69) is 15.9 Å². The van der Waals surface area contributed by atoms with Gasteiger partial charge >= 0.3 is 0 Å². The Balaban J connectivity index is 1.85. The van der Waals surface area contributed by atoms with Gasteiger partial charge in [-0.15, -0.1) is 0 Å². The van der Waals surface area contributed by atoms with Gasteiger partial charge in [0.25, 0.3) is 0 Å². The predicted octanol–water partition coefficient (Wildman–Crippen LogP) is 1.25. The molecule has 0 aromatic heterocycles. The first kappa shape index (κ1) is 7.59. The molecule has 11 heavy (non-hydrogen) atoms. The van der Waals surface area contributed by atoms with Gasteiger partial charge in [-0.3, -0.25) is 4.79 Å².